The number of nitrogen functional groups attached to an aromatic ring is 1. The summed E-state index contributed by atoms with van der Waals surface area (Å²) in [6.45, 7) is -0.486. The number of hydrogen-bond acceptors (Lipinski definition) is 4. The number of pyridine rings is 1. The lowest BCUT2D eigenvalue weighted by Gasteiger charge is -2.12. The monoisotopic (exact) mass is 296 g/mol. The van der Waals surface area contributed by atoms with Crippen molar-refractivity contribution in [2.75, 3.05) is 5.73 Å². The highest BCUT2D eigenvalue weighted by Crippen LogP contribution is 2.32. The highest BCUT2D eigenvalue weighted by molar-refractivity contribution is 5.87. The normalized spacial score (nSPS) is 11.2. The van der Waals surface area contributed by atoms with E-state index in [0.29, 0.717) is 5.69 Å². The van der Waals surface area contributed by atoms with Gasteiger partial charge in [0.15, 0.2) is 0 Å². The van der Waals surface area contributed by atoms with Gasteiger partial charge in [0.05, 0.1) is 17.4 Å². The molecular weight excluding hydrogens is 285 g/mol. The van der Waals surface area contributed by atoms with Crippen molar-refractivity contribution in [3.05, 3.63) is 59.4 Å². The molecule has 0 bridgehead atoms. The van der Waals surface area contributed by atoms with Crippen LogP contribution < -0.4 is 5.73 Å². The molecule has 2 N–H and O–H groups in total. The summed E-state index contributed by atoms with van der Waals surface area (Å²) in [5, 5.41) is 0. The Morgan fingerprint density at radius 3 is 2.52 bits per heavy atom. The van der Waals surface area contributed by atoms with E-state index in [9.17, 15) is 18.0 Å². The van der Waals surface area contributed by atoms with Gasteiger partial charge in [-0.15, -0.1) is 0 Å². The van der Waals surface area contributed by atoms with Crippen LogP contribution in [0.15, 0.2) is 42.6 Å². The third kappa shape index (κ3) is 3.71. The van der Waals surface area contributed by atoms with Crippen molar-refractivity contribution in [2.45, 2.75) is 12.8 Å². The average molecular weight is 296 g/mol. The molecule has 0 aliphatic heterocycles. The summed E-state index contributed by atoms with van der Waals surface area (Å²) in [7, 11) is 0. The number of aromatic nitrogens is 1. The van der Waals surface area contributed by atoms with Crippen LogP contribution in [0.3, 0.4) is 0 Å². The maximum atomic E-state index is 12.8. The number of alkyl halides is 3. The minimum Gasteiger partial charge on any atom is -0.456 e. The Morgan fingerprint density at radius 1 is 1.19 bits per heavy atom. The van der Waals surface area contributed by atoms with E-state index in [-0.39, 0.29) is 11.3 Å². The zero-order chi connectivity index (χ0) is 15.5. The SMILES string of the molecule is Nc1ccc(C(=O)OCc2ccccc2C(F)(F)F)nc1. The molecule has 0 unspecified atom stereocenters. The van der Waals surface area contributed by atoms with Crippen LogP contribution in [-0.4, -0.2) is 11.0 Å². The van der Waals surface area contributed by atoms with Crippen molar-refractivity contribution in [3.8, 4) is 0 Å². The van der Waals surface area contributed by atoms with E-state index in [2.05, 4.69) is 4.98 Å². The van der Waals surface area contributed by atoms with E-state index in [1.54, 1.807) is 0 Å². The van der Waals surface area contributed by atoms with Gasteiger partial charge >= 0.3 is 12.1 Å². The number of ether oxygens (including phenoxy) is 1. The van der Waals surface area contributed by atoms with E-state index >= 15 is 0 Å². The van der Waals surface area contributed by atoms with Crippen LogP contribution in [0.4, 0.5) is 18.9 Å². The average Bonchev–Trinajstić information content (AvgIpc) is 2.45. The molecular formula is C14H11F3N2O2. The number of carbonyl (C=O) groups excluding carboxylic acids is 1. The summed E-state index contributed by atoms with van der Waals surface area (Å²) in [5.74, 6) is -0.813. The first kappa shape index (κ1) is 14.8. The summed E-state index contributed by atoms with van der Waals surface area (Å²) >= 11 is 0. The second-order valence-electron chi connectivity index (χ2n) is 4.21. The van der Waals surface area contributed by atoms with Gasteiger partial charge in [-0.3, -0.25) is 0 Å². The molecule has 1 heterocycles. The van der Waals surface area contributed by atoms with E-state index < -0.39 is 24.3 Å². The first-order chi connectivity index (χ1) is 9.88. The molecule has 0 fully saturated rings. The lowest BCUT2D eigenvalue weighted by Crippen LogP contribution is -2.12. The molecule has 7 heteroatoms. The lowest BCUT2D eigenvalue weighted by atomic mass is 10.1. The van der Waals surface area contributed by atoms with Crippen molar-refractivity contribution in [2.24, 2.45) is 0 Å². The first-order valence-electron chi connectivity index (χ1n) is 5.91. The molecule has 0 aliphatic carbocycles. The molecule has 0 amide bonds. The molecule has 0 saturated carbocycles. The Hall–Kier alpha value is -2.57. The van der Waals surface area contributed by atoms with Crippen LogP contribution in [-0.2, 0) is 17.5 Å². The second-order valence-corrected chi connectivity index (χ2v) is 4.21. The molecule has 0 radical (unpaired) electrons. The molecule has 4 nitrogen and oxygen atoms in total. The number of hydrogen-bond donors (Lipinski definition) is 1. The van der Waals surface area contributed by atoms with Crippen LogP contribution in [0, 0.1) is 0 Å². The van der Waals surface area contributed by atoms with Crippen LogP contribution >= 0.6 is 0 Å². The standard InChI is InChI=1S/C14H11F3N2O2/c15-14(16,17)11-4-2-1-3-9(11)8-21-13(20)12-6-5-10(18)7-19-12/h1-7H,8,18H2. The molecule has 0 spiro atoms. The van der Waals surface area contributed by atoms with E-state index in [4.69, 9.17) is 10.5 Å². The third-order valence-electron chi connectivity index (χ3n) is 2.68. The predicted molar refractivity (Wildman–Crippen MR) is 69.2 cm³/mol. The van der Waals surface area contributed by atoms with Crippen molar-refractivity contribution in [3.63, 3.8) is 0 Å². The summed E-state index contributed by atoms with van der Waals surface area (Å²) in [4.78, 5) is 15.4. The number of rotatable bonds is 3. The summed E-state index contributed by atoms with van der Waals surface area (Å²) in [5.41, 5.74) is 4.82. The van der Waals surface area contributed by atoms with Gasteiger partial charge in [-0.25, -0.2) is 9.78 Å². The van der Waals surface area contributed by atoms with Gasteiger partial charge in [0.1, 0.15) is 12.3 Å². The molecule has 21 heavy (non-hydrogen) atoms. The minimum absolute atomic E-state index is 0.0197. The Bertz CT molecular complexity index is 639. The molecule has 0 atom stereocenters. The predicted octanol–water partition coefficient (Wildman–Crippen LogP) is 3.04. The number of benzene rings is 1. The van der Waals surface area contributed by atoms with Crippen molar-refractivity contribution in [1.82, 2.24) is 4.98 Å². The number of carbonyl (C=O) groups is 1. The molecule has 0 aliphatic rings. The number of anilines is 1. The Morgan fingerprint density at radius 2 is 1.90 bits per heavy atom. The van der Waals surface area contributed by atoms with Gasteiger partial charge in [-0.1, -0.05) is 18.2 Å². The quantitative estimate of drug-likeness (QED) is 0.884. The van der Waals surface area contributed by atoms with E-state index in [1.807, 2.05) is 0 Å². The Kier molecular flexibility index (Phi) is 4.11. The van der Waals surface area contributed by atoms with Crippen LogP contribution in [0.5, 0.6) is 0 Å². The smallest absolute Gasteiger partial charge is 0.416 e. The summed E-state index contributed by atoms with van der Waals surface area (Å²) in [6.07, 6.45) is -3.23. The zero-order valence-corrected chi connectivity index (χ0v) is 10.7. The van der Waals surface area contributed by atoms with Crippen molar-refractivity contribution < 1.29 is 22.7 Å². The van der Waals surface area contributed by atoms with Crippen molar-refractivity contribution in [1.29, 1.82) is 0 Å². The maximum absolute atomic E-state index is 12.8. The molecule has 2 rings (SSSR count). The number of halogens is 3. The number of nitrogens with zero attached hydrogens (tertiary/aromatic N) is 1. The largest absolute Gasteiger partial charge is 0.456 e. The van der Waals surface area contributed by atoms with Crippen LogP contribution in [0.25, 0.3) is 0 Å². The number of nitrogens with two attached hydrogens (primary N) is 1. The molecule has 1 aromatic heterocycles. The highest BCUT2D eigenvalue weighted by atomic mass is 19.4. The first-order valence-corrected chi connectivity index (χ1v) is 5.91. The molecule has 0 saturated heterocycles. The fourth-order valence-corrected chi connectivity index (χ4v) is 1.67. The molecule has 110 valence electrons. The van der Waals surface area contributed by atoms with Gasteiger partial charge in [0, 0.05) is 5.56 Å². The summed E-state index contributed by atoms with van der Waals surface area (Å²) in [6, 6.07) is 7.70. The lowest BCUT2D eigenvalue weighted by molar-refractivity contribution is -0.138. The highest BCUT2D eigenvalue weighted by Gasteiger charge is 2.33. The minimum atomic E-state index is -4.50. The van der Waals surface area contributed by atoms with Gasteiger partial charge in [0.2, 0.25) is 0 Å². The van der Waals surface area contributed by atoms with E-state index in [1.165, 1.54) is 36.5 Å². The topological polar surface area (TPSA) is 65.2 Å². The van der Waals surface area contributed by atoms with Gasteiger partial charge in [-0.2, -0.15) is 13.2 Å². The van der Waals surface area contributed by atoms with Gasteiger partial charge in [-0.05, 0) is 18.2 Å². The fraction of sp³-hybridized carbons (Fsp3) is 0.143. The van der Waals surface area contributed by atoms with Gasteiger partial charge in [0.25, 0.3) is 0 Å². The third-order valence-corrected chi connectivity index (χ3v) is 2.68. The van der Waals surface area contributed by atoms with Crippen LogP contribution in [0.2, 0.25) is 0 Å². The second kappa shape index (κ2) is 5.82. The van der Waals surface area contributed by atoms with E-state index in [0.717, 1.165) is 6.07 Å². The molecule has 1 aromatic carbocycles. The fourth-order valence-electron chi connectivity index (χ4n) is 1.67. The van der Waals surface area contributed by atoms with Crippen molar-refractivity contribution >= 4 is 11.7 Å². The van der Waals surface area contributed by atoms with Crippen LogP contribution in [0.1, 0.15) is 21.6 Å². The van der Waals surface area contributed by atoms with Gasteiger partial charge < -0.3 is 10.5 Å². The Labute approximate surface area is 118 Å². The Balaban J connectivity index is 2.10. The summed E-state index contributed by atoms with van der Waals surface area (Å²) < 4.78 is 43.2. The molecule has 2 aromatic rings. The maximum Gasteiger partial charge on any atom is 0.416 e. The number of esters is 1. The zero-order valence-electron chi connectivity index (χ0n) is 10.7.